The first-order valence-corrected chi connectivity index (χ1v) is 11.9. The Hall–Kier alpha value is -4.39. The Morgan fingerprint density at radius 3 is 2.28 bits per heavy atom. The average Bonchev–Trinajstić information content (AvgIpc) is 2.90. The van der Waals surface area contributed by atoms with Crippen LogP contribution in [0.2, 0.25) is 0 Å². The highest BCUT2D eigenvalue weighted by Crippen LogP contribution is 2.45. The standard InChI is InChI=1S/C29H25NO6/c1-3-34-28(32)22-23-25(31)19-14-8-12-18-13-9-15-20(21(18)19)26(23)36-27(24(22)29(33)35-4-2)30-16-17-10-6-5-7-11-17/h5-15,22,30H,3-4,16H2,1-2H3. The first kappa shape index (κ1) is 23.4. The van der Waals surface area contributed by atoms with E-state index < -0.39 is 17.9 Å². The molecule has 0 radical (unpaired) electrons. The van der Waals surface area contributed by atoms with Gasteiger partial charge in [-0.1, -0.05) is 66.7 Å². The van der Waals surface area contributed by atoms with Gasteiger partial charge in [0.2, 0.25) is 5.88 Å². The van der Waals surface area contributed by atoms with Crippen molar-refractivity contribution in [1.82, 2.24) is 5.32 Å². The second-order valence-electron chi connectivity index (χ2n) is 8.37. The Morgan fingerprint density at radius 2 is 1.58 bits per heavy atom. The van der Waals surface area contributed by atoms with E-state index >= 15 is 0 Å². The molecule has 1 aliphatic heterocycles. The molecular weight excluding hydrogens is 458 g/mol. The molecule has 0 amide bonds. The molecule has 1 atom stereocenters. The van der Waals surface area contributed by atoms with Gasteiger partial charge in [-0.05, 0) is 24.8 Å². The highest BCUT2D eigenvalue weighted by atomic mass is 16.5. The van der Waals surface area contributed by atoms with Crippen LogP contribution in [0.3, 0.4) is 0 Å². The number of benzene rings is 3. The maximum Gasteiger partial charge on any atom is 0.340 e. The molecule has 1 heterocycles. The van der Waals surface area contributed by atoms with Gasteiger partial charge in [-0.15, -0.1) is 0 Å². The maximum atomic E-state index is 13.8. The zero-order valence-electron chi connectivity index (χ0n) is 20.0. The summed E-state index contributed by atoms with van der Waals surface area (Å²) in [6, 6.07) is 20.6. The maximum absolute atomic E-state index is 13.8. The Balaban J connectivity index is 1.70. The van der Waals surface area contributed by atoms with Crippen LogP contribution in [0.5, 0.6) is 0 Å². The van der Waals surface area contributed by atoms with Crippen molar-refractivity contribution in [3.05, 3.63) is 100 Å². The second kappa shape index (κ2) is 9.70. The lowest BCUT2D eigenvalue weighted by Gasteiger charge is -2.33. The predicted octanol–water partition coefficient (Wildman–Crippen LogP) is 4.52. The molecule has 1 unspecified atom stereocenters. The summed E-state index contributed by atoms with van der Waals surface area (Å²) in [5, 5.41) is 4.78. The number of ether oxygens (including phenoxy) is 3. The van der Waals surface area contributed by atoms with Crippen LogP contribution in [-0.4, -0.2) is 30.9 Å². The zero-order chi connectivity index (χ0) is 25.2. The summed E-state index contributed by atoms with van der Waals surface area (Å²) in [5.74, 6) is -2.83. The zero-order valence-corrected chi connectivity index (χ0v) is 20.0. The minimum Gasteiger partial charge on any atom is -0.465 e. The van der Waals surface area contributed by atoms with Gasteiger partial charge in [0, 0.05) is 23.1 Å². The van der Waals surface area contributed by atoms with Crippen LogP contribution in [-0.2, 0) is 30.3 Å². The van der Waals surface area contributed by atoms with Crippen LogP contribution in [0, 0.1) is 5.92 Å². The van der Waals surface area contributed by atoms with Crippen molar-refractivity contribution in [1.29, 1.82) is 0 Å². The smallest absolute Gasteiger partial charge is 0.340 e. The summed E-state index contributed by atoms with van der Waals surface area (Å²) in [6.45, 7) is 3.85. The highest BCUT2D eigenvalue weighted by molar-refractivity contribution is 6.27. The van der Waals surface area contributed by atoms with Crippen LogP contribution >= 0.6 is 0 Å². The van der Waals surface area contributed by atoms with Crippen LogP contribution in [0.25, 0.3) is 16.5 Å². The van der Waals surface area contributed by atoms with E-state index in [2.05, 4.69) is 5.32 Å². The third-order valence-corrected chi connectivity index (χ3v) is 6.22. The summed E-state index contributed by atoms with van der Waals surface area (Å²) in [7, 11) is 0. The number of fused-ring (bicyclic) bond motifs is 1. The quantitative estimate of drug-likeness (QED) is 0.494. The molecule has 0 aromatic heterocycles. The van der Waals surface area contributed by atoms with E-state index in [9.17, 15) is 14.4 Å². The van der Waals surface area contributed by atoms with Crippen molar-refractivity contribution >= 4 is 34.3 Å². The minimum absolute atomic E-state index is 0.0679. The second-order valence-corrected chi connectivity index (χ2v) is 8.37. The molecule has 7 nitrogen and oxygen atoms in total. The average molecular weight is 484 g/mol. The number of Topliss-reactive ketones (excluding diaryl/α,β-unsaturated/α-hetero) is 1. The monoisotopic (exact) mass is 483 g/mol. The number of carbonyl (C=O) groups excluding carboxylic acids is 3. The fourth-order valence-electron chi connectivity index (χ4n) is 4.71. The lowest BCUT2D eigenvalue weighted by atomic mass is 9.77. The molecular formula is C29H25NO6. The highest BCUT2D eigenvalue weighted by Gasteiger charge is 2.47. The molecule has 3 aromatic carbocycles. The van der Waals surface area contributed by atoms with Gasteiger partial charge in [0.1, 0.15) is 17.3 Å². The number of hydrogen-bond acceptors (Lipinski definition) is 7. The normalized spacial score (nSPS) is 16.4. The third kappa shape index (κ3) is 3.92. The van der Waals surface area contributed by atoms with Crippen molar-refractivity contribution in [2.75, 3.05) is 13.2 Å². The van der Waals surface area contributed by atoms with E-state index in [1.165, 1.54) is 0 Å². The van der Waals surface area contributed by atoms with Gasteiger partial charge in [-0.3, -0.25) is 9.59 Å². The lowest BCUT2D eigenvalue weighted by molar-refractivity contribution is -0.149. The Labute approximate surface area is 208 Å². The van der Waals surface area contributed by atoms with Crippen LogP contribution in [0.1, 0.15) is 35.3 Å². The summed E-state index contributed by atoms with van der Waals surface area (Å²) in [4.78, 5) is 40.4. The largest absolute Gasteiger partial charge is 0.465 e. The molecule has 1 aliphatic carbocycles. The number of rotatable bonds is 7. The van der Waals surface area contributed by atoms with Gasteiger partial charge in [-0.2, -0.15) is 0 Å². The third-order valence-electron chi connectivity index (χ3n) is 6.22. The van der Waals surface area contributed by atoms with Crippen molar-refractivity contribution in [2.45, 2.75) is 20.4 Å². The molecule has 3 aromatic rings. The van der Waals surface area contributed by atoms with Gasteiger partial charge in [0.05, 0.1) is 18.8 Å². The molecule has 0 saturated carbocycles. The van der Waals surface area contributed by atoms with Crippen molar-refractivity contribution in [3.8, 4) is 0 Å². The molecule has 0 fully saturated rings. The van der Waals surface area contributed by atoms with Crippen molar-refractivity contribution < 1.29 is 28.6 Å². The first-order chi connectivity index (χ1) is 17.5. The van der Waals surface area contributed by atoms with Gasteiger partial charge >= 0.3 is 11.9 Å². The van der Waals surface area contributed by atoms with Crippen molar-refractivity contribution in [3.63, 3.8) is 0 Å². The Kier molecular flexibility index (Phi) is 6.29. The van der Waals surface area contributed by atoms with Crippen molar-refractivity contribution in [2.24, 2.45) is 5.92 Å². The van der Waals surface area contributed by atoms with E-state index in [0.717, 1.165) is 16.3 Å². The number of hydrogen-bond donors (Lipinski definition) is 1. The molecule has 7 heteroatoms. The predicted molar refractivity (Wildman–Crippen MR) is 133 cm³/mol. The van der Waals surface area contributed by atoms with Crippen LogP contribution in [0.15, 0.2) is 83.8 Å². The molecule has 0 saturated heterocycles. The lowest BCUT2D eigenvalue weighted by Crippen LogP contribution is -2.38. The summed E-state index contributed by atoms with van der Waals surface area (Å²) < 4.78 is 17.0. The molecule has 36 heavy (non-hydrogen) atoms. The van der Waals surface area contributed by atoms with E-state index in [-0.39, 0.29) is 41.8 Å². The molecule has 2 aliphatic rings. The van der Waals surface area contributed by atoms with Gasteiger partial charge in [0.15, 0.2) is 5.78 Å². The number of carbonyl (C=O) groups is 3. The fourth-order valence-corrected chi connectivity index (χ4v) is 4.71. The SMILES string of the molecule is CCOC(=O)C1=C(NCc2ccccc2)OC2=C(C(=O)c3cccc4cccc2c34)C1C(=O)OCC. The van der Waals surface area contributed by atoms with Gasteiger partial charge in [-0.25, -0.2) is 4.79 Å². The van der Waals surface area contributed by atoms with E-state index in [1.54, 1.807) is 26.0 Å². The minimum atomic E-state index is -1.30. The van der Waals surface area contributed by atoms with E-state index in [1.807, 2.05) is 54.6 Å². The molecule has 1 N–H and O–H groups in total. The summed E-state index contributed by atoms with van der Waals surface area (Å²) in [6.07, 6.45) is 0. The molecule has 0 bridgehead atoms. The summed E-state index contributed by atoms with van der Waals surface area (Å²) in [5.41, 5.74) is 2.06. The van der Waals surface area contributed by atoms with Gasteiger partial charge in [0.25, 0.3) is 0 Å². The number of esters is 2. The first-order valence-electron chi connectivity index (χ1n) is 11.9. The Morgan fingerprint density at radius 1 is 0.889 bits per heavy atom. The van der Waals surface area contributed by atoms with E-state index in [4.69, 9.17) is 14.2 Å². The molecule has 0 spiro atoms. The fraction of sp³-hybridized carbons (Fsp3) is 0.207. The van der Waals surface area contributed by atoms with E-state index in [0.29, 0.717) is 17.7 Å². The molecule has 5 rings (SSSR count). The topological polar surface area (TPSA) is 90.9 Å². The molecule has 182 valence electrons. The number of ketones is 1. The number of nitrogens with one attached hydrogen (secondary N) is 1. The van der Waals surface area contributed by atoms with Crippen LogP contribution in [0.4, 0.5) is 0 Å². The summed E-state index contributed by atoms with van der Waals surface area (Å²) >= 11 is 0. The van der Waals surface area contributed by atoms with Gasteiger partial charge < -0.3 is 19.5 Å². The Bertz CT molecular complexity index is 1430. The van der Waals surface area contributed by atoms with Crippen LogP contribution < -0.4 is 5.32 Å².